The molecule has 1 aliphatic rings. The van der Waals surface area contributed by atoms with E-state index in [1.165, 1.54) is 16.7 Å². The highest BCUT2D eigenvalue weighted by atomic mass is 16.5. The minimum atomic E-state index is -0.0390. The Hall–Kier alpha value is -2.42. The highest BCUT2D eigenvalue weighted by Gasteiger charge is 2.35. The normalized spacial score (nSPS) is 16.3. The second kappa shape index (κ2) is 8.51. The number of ether oxygens (including phenoxy) is 1. The van der Waals surface area contributed by atoms with Gasteiger partial charge in [-0.3, -0.25) is 0 Å². The average Bonchev–Trinajstić information content (AvgIpc) is 2.77. The van der Waals surface area contributed by atoms with Gasteiger partial charge in [0.2, 0.25) is 0 Å². The van der Waals surface area contributed by atoms with Gasteiger partial charge in [-0.1, -0.05) is 91.0 Å². The molecule has 3 aromatic carbocycles. The molecule has 2 heteroatoms. The number of nitrogens with one attached hydrogen (secondary N) is 1. The fourth-order valence-electron chi connectivity index (χ4n) is 4.10. The number of benzene rings is 3. The van der Waals surface area contributed by atoms with Crippen molar-refractivity contribution in [3.05, 3.63) is 108 Å². The molecule has 1 N–H and O–H groups in total. The van der Waals surface area contributed by atoms with Crippen molar-refractivity contribution in [2.75, 3.05) is 19.7 Å². The summed E-state index contributed by atoms with van der Waals surface area (Å²) in [7, 11) is 0. The van der Waals surface area contributed by atoms with Crippen LogP contribution in [-0.2, 0) is 10.2 Å². The van der Waals surface area contributed by atoms with Crippen LogP contribution in [0.15, 0.2) is 91.0 Å². The average molecular weight is 357 g/mol. The van der Waals surface area contributed by atoms with E-state index in [1.807, 2.05) is 0 Å². The molecule has 0 aliphatic carbocycles. The van der Waals surface area contributed by atoms with Crippen LogP contribution in [0.1, 0.15) is 35.6 Å². The van der Waals surface area contributed by atoms with Crippen molar-refractivity contribution < 1.29 is 4.74 Å². The van der Waals surface area contributed by atoms with Gasteiger partial charge in [-0.05, 0) is 42.6 Å². The molecule has 1 heterocycles. The van der Waals surface area contributed by atoms with E-state index >= 15 is 0 Å². The Bertz CT molecular complexity index is 771. The van der Waals surface area contributed by atoms with Crippen LogP contribution in [-0.4, -0.2) is 19.7 Å². The topological polar surface area (TPSA) is 21.3 Å². The smallest absolute Gasteiger partial charge is 0.108 e. The standard InChI is InChI=1S/C25H27NO/c1-4-10-21(11-5-1)24(22-12-6-2-7-13-22)27-20-25(16-18-26-19-17-25)23-14-8-3-9-15-23/h1-15,24,26H,16-20H2. The molecule has 0 atom stereocenters. The maximum absolute atomic E-state index is 6.68. The van der Waals surface area contributed by atoms with Gasteiger partial charge in [0, 0.05) is 5.41 Å². The molecule has 138 valence electrons. The van der Waals surface area contributed by atoms with Crippen molar-refractivity contribution >= 4 is 0 Å². The first-order valence-electron chi connectivity index (χ1n) is 9.85. The van der Waals surface area contributed by atoms with Gasteiger partial charge in [0.1, 0.15) is 6.10 Å². The Kier molecular flexibility index (Phi) is 5.66. The number of piperidine rings is 1. The van der Waals surface area contributed by atoms with E-state index in [0.29, 0.717) is 0 Å². The summed E-state index contributed by atoms with van der Waals surface area (Å²) < 4.78 is 6.68. The van der Waals surface area contributed by atoms with E-state index in [9.17, 15) is 0 Å². The van der Waals surface area contributed by atoms with E-state index in [0.717, 1.165) is 32.5 Å². The lowest BCUT2D eigenvalue weighted by atomic mass is 9.74. The molecule has 0 aromatic heterocycles. The highest BCUT2D eigenvalue weighted by Crippen LogP contribution is 2.36. The van der Waals surface area contributed by atoms with Crippen molar-refractivity contribution in [2.24, 2.45) is 0 Å². The second-order valence-electron chi connectivity index (χ2n) is 7.41. The summed E-state index contributed by atoms with van der Waals surface area (Å²) in [5.41, 5.74) is 3.89. The van der Waals surface area contributed by atoms with Gasteiger partial charge in [-0.25, -0.2) is 0 Å². The number of hydrogen-bond acceptors (Lipinski definition) is 2. The van der Waals surface area contributed by atoms with E-state index in [1.54, 1.807) is 0 Å². The molecular formula is C25H27NO. The molecule has 1 fully saturated rings. The van der Waals surface area contributed by atoms with Gasteiger partial charge in [-0.15, -0.1) is 0 Å². The van der Waals surface area contributed by atoms with Gasteiger partial charge < -0.3 is 10.1 Å². The minimum absolute atomic E-state index is 0.0390. The van der Waals surface area contributed by atoms with E-state index in [2.05, 4.69) is 96.3 Å². The second-order valence-corrected chi connectivity index (χ2v) is 7.41. The van der Waals surface area contributed by atoms with E-state index < -0.39 is 0 Å². The highest BCUT2D eigenvalue weighted by molar-refractivity contribution is 5.31. The van der Waals surface area contributed by atoms with Crippen LogP contribution in [0, 0.1) is 0 Å². The molecule has 0 saturated carbocycles. The first-order valence-corrected chi connectivity index (χ1v) is 9.85. The Morgan fingerprint density at radius 2 is 1.19 bits per heavy atom. The van der Waals surface area contributed by atoms with Crippen molar-refractivity contribution in [1.82, 2.24) is 5.32 Å². The predicted molar refractivity (Wildman–Crippen MR) is 111 cm³/mol. The lowest BCUT2D eigenvalue weighted by molar-refractivity contribution is 0.0274. The van der Waals surface area contributed by atoms with Crippen LogP contribution >= 0.6 is 0 Å². The zero-order valence-electron chi connectivity index (χ0n) is 15.7. The SMILES string of the molecule is c1ccc(C(OCC2(c3ccccc3)CCNCC2)c2ccccc2)cc1. The summed E-state index contributed by atoms with van der Waals surface area (Å²) in [5, 5.41) is 3.50. The lowest BCUT2D eigenvalue weighted by Gasteiger charge is -2.39. The molecule has 0 bridgehead atoms. The van der Waals surface area contributed by atoms with Crippen molar-refractivity contribution in [1.29, 1.82) is 0 Å². The van der Waals surface area contributed by atoms with Crippen LogP contribution in [0.4, 0.5) is 0 Å². The molecular weight excluding hydrogens is 330 g/mol. The zero-order valence-corrected chi connectivity index (χ0v) is 15.7. The number of rotatable bonds is 6. The van der Waals surface area contributed by atoms with Crippen LogP contribution in [0.3, 0.4) is 0 Å². The summed E-state index contributed by atoms with van der Waals surface area (Å²) in [6, 6.07) is 32.0. The van der Waals surface area contributed by atoms with Crippen molar-refractivity contribution in [3.8, 4) is 0 Å². The third-order valence-electron chi connectivity index (χ3n) is 5.68. The van der Waals surface area contributed by atoms with Gasteiger partial charge in [-0.2, -0.15) is 0 Å². The van der Waals surface area contributed by atoms with Crippen LogP contribution in [0.5, 0.6) is 0 Å². The Morgan fingerprint density at radius 1 is 0.704 bits per heavy atom. The van der Waals surface area contributed by atoms with Crippen LogP contribution in [0.2, 0.25) is 0 Å². The summed E-state index contributed by atoms with van der Waals surface area (Å²) in [5.74, 6) is 0. The van der Waals surface area contributed by atoms with Crippen LogP contribution in [0.25, 0.3) is 0 Å². The zero-order chi connectivity index (χ0) is 18.4. The fraction of sp³-hybridized carbons (Fsp3) is 0.280. The summed E-state index contributed by atoms with van der Waals surface area (Å²) in [6.45, 7) is 2.81. The predicted octanol–water partition coefficient (Wildman–Crippen LogP) is 5.11. The number of hydrogen-bond donors (Lipinski definition) is 1. The van der Waals surface area contributed by atoms with Gasteiger partial charge in [0.05, 0.1) is 6.61 Å². The third-order valence-corrected chi connectivity index (χ3v) is 5.68. The van der Waals surface area contributed by atoms with E-state index in [-0.39, 0.29) is 11.5 Å². The van der Waals surface area contributed by atoms with Crippen molar-refractivity contribution in [3.63, 3.8) is 0 Å². The quantitative estimate of drug-likeness (QED) is 0.661. The molecule has 0 radical (unpaired) electrons. The maximum atomic E-state index is 6.68. The Morgan fingerprint density at radius 3 is 1.70 bits per heavy atom. The first kappa shape index (κ1) is 18.0. The summed E-state index contributed by atoms with van der Waals surface area (Å²) >= 11 is 0. The molecule has 1 aliphatic heterocycles. The Balaban J connectivity index is 1.62. The summed E-state index contributed by atoms with van der Waals surface area (Å²) in [4.78, 5) is 0. The maximum Gasteiger partial charge on any atom is 0.108 e. The van der Waals surface area contributed by atoms with Gasteiger partial charge in [0.25, 0.3) is 0 Å². The fourth-order valence-corrected chi connectivity index (χ4v) is 4.10. The Labute approximate surface area is 162 Å². The minimum Gasteiger partial charge on any atom is -0.368 e. The molecule has 3 aromatic rings. The van der Waals surface area contributed by atoms with Crippen LogP contribution < -0.4 is 5.32 Å². The third kappa shape index (κ3) is 4.13. The lowest BCUT2D eigenvalue weighted by Crippen LogP contribution is -2.43. The molecule has 4 rings (SSSR count). The molecule has 0 spiro atoms. The largest absolute Gasteiger partial charge is 0.368 e. The first-order chi connectivity index (χ1) is 13.4. The van der Waals surface area contributed by atoms with Gasteiger partial charge in [0.15, 0.2) is 0 Å². The molecule has 2 nitrogen and oxygen atoms in total. The molecule has 0 unspecified atom stereocenters. The monoisotopic (exact) mass is 357 g/mol. The molecule has 27 heavy (non-hydrogen) atoms. The van der Waals surface area contributed by atoms with E-state index in [4.69, 9.17) is 4.74 Å². The molecule has 0 amide bonds. The van der Waals surface area contributed by atoms with Gasteiger partial charge >= 0.3 is 0 Å². The summed E-state index contributed by atoms with van der Waals surface area (Å²) in [6.07, 6.45) is 2.17. The van der Waals surface area contributed by atoms with Crippen molar-refractivity contribution in [2.45, 2.75) is 24.4 Å². The molecule has 1 saturated heterocycles.